The normalized spacial score (nSPS) is 10.2. The topological polar surface area (TPSA) is 76.0 Å². The first kappa shape index (κ1) is 16.6. The summed E-state index contributed by atoms with van der Waals surface area (Å²) >= 11 is 1.44. The van der Waals surface area contributed by atoms with Crippen molar-refractivity contribution in [1.82, 2.24) is 20.2 Å². The third kappa shape index (κ3) is 4.03. The van der Waals surface area contributed by atoms with Gasteiger partial charge in [-0.15, -0.1) is 23.7 Å². The van der Waals surface area contributed by atoms with Crippen LogP contribution in [0, 0.1) is 0 Å². The summed E-state index contributed by atoms with van der Waals surface area (Å²) in [7, 11) is 1.83. The first-order chi connectivity index (χ1) is 9.22. The maximum Gasteiger partial charge on any atom is 0.262 e. The molecule has 2 rings (SSSR count). The molecule has 20 heavy (non-hydrogen) atoms. The Morgan fingerprint density at radius 3 is 3.00 bits per heavy atom. The molecular weight excluding hydrogens is 300 g/mol. The summed E-state index contributed by atoms with van der Waals surface area (Å²) in [6.45, 7) is 1.67. The minimum Gasteiger partial charge on any atom is -0.355 e. The Morgan fingerprint density at radius 2 is 2.25 bits per heavy atom. The summed E-state index contributed by atoms with van der Waals surface area (Å²) in [6, 6.07) is 1.76. The molecule has 0 fully saturated rings. The van der Waals surface area contributed by atoms with Crippen LogP contribution in [0.4, 0.5) is 0 Å². The molecule has 1 amide bonds. The van der Waals surface area contributed by atoms with Crippen LogP contribution in [0.3, 0.4) is 0 Å². The monoisotopic (exact) mass is 316 g/mol. The Bertz CT molecular complexity index is 625. The number of aromatic nitrogens is 2. The summed E-state index contributed by atoms with van der Waals surface area (Å²) < 4.78 is 1.48. The number of aryl methyl sites for hydroxylation is 1. The van der Waals surface area contributed by atoms with Gasteiger partial charge >= 0.3 is 0 Å². The minimum absolute atomic E-state index is 0. The molecule has 6 nitrogen and oxygen atoms in total. The highest BCUT2D eigenvalue weighted by Gasteiger charge is 2.06. The Kier molecular flexibility index (Phi) is 6.63. The number of halogens is 1. The van der Waals surface area contributed by atoms with Gasteiger partial charge in [0.1, 0.15) is 4.83 Å². The second kappa shape index (κ2) is 7.98. The zero-order chi connectivity index (χ0) is 13.7. The Morgan fingerprint density at radius 1 is 1.45 bits per heavy atom. The lowest BCUT2D eigenvalue weighted by molar-refractivity contribution is -0.121. The SMILES string of the molecule is CNCCNC(=O)CCn1cnc2sccc2c1=O.Cl. The molecule has 0 unspecified atom stereocenters. The number of amides is 1. The molecule has 110 valence electrons. The minimum atomic E-state index is -0.0886. The average Bonchev–Trinajstić information content (AvgIpc) is 2.87. The molecule has 8 heteroatoms. The van der Waals surface area contributed by atoms with Crippen molar-refractivity contribution in [3.05, 3.63) is 28.1 Å². The van der Waals surface area contributed by atoms with Gasteiger partial charge in [0.2, 0.25) is 5.91 Å². The number of thiophene rings is 1. The Labute approximate surface area is 126 Å². The number of hydrogen-bond donors (Lipinski definition) is 2. The van der Waals surface area contributed by atoms with Gasteiger partial charge in [-0.1, -0.05) is 0 Å². The molecule has 0 spiro atoms. The lowest BCUT2D eigenvalue weighted by atomic mass is 10.3. The van der Waals surface area contributed by atoms with Crippen molar-refractivity contribution in [2.24, 2.45) is 0 Å². The Hall–Kier alpha value is -1.44. The van der Waals surface area contributed by atoms with Gasteiger partial charge < -0.3 is 10.6 Å². The summed E-state index contributed by atoms with van der Waals surface area (Å²) in [6.07, 6.45) is 1.78. The smallest absolute Gasteiger partial charge is 0.262 e. The lowest BCUT2D eigenvalue weighted by Gasteiger charge is -2.06. The number of likely N-dealkylation sites (N-methyl/N-ethyl adjacent to an activating group) is 1. The van der Waals surface area contributed by atoms with Crippen LogP contribution in [0.2, 0.25) is 0 Å². The van der Waals surface area contributed by atoms with E-state index in [0.717, 1.165) is 11.4 Å². The molecule has 0 aliphatic heterocycles. The van der Waals surface area contributed by atoms with E-state index >= 15 is 0 Å². The van der Waals surface area contributed by atoms with Crippen molar-refractivity contribution in [3.63, 3.8) is 0 Å². The first-order valence-electron chi connectivity index (χ1n) is 6.06. The van der Waals surface area contributed by atoms with Crippen LogP contribution in [0.15, 0.2) is 22.6 Å². The van der Waals surface area contributed by atoms with Gasteiger partial charge in [0, 0.05) is 26.1 Å². The predicted molar refractivity (Wildman–Crippen MR) is 82.7 cm³/mol. The maximum absolute atomic E-state index is 12.1. The first-order valence-corrected chi connectivity index (χ1v) is 6.94. The van der Waals surface area contributed by atoms with Crippen molar-refractivity contribution in [3.8, 4) is 0 Å². The van der Waals surface area contributed by atoms with Gasteiger partial charge in [-0.2, -0.15) is 0 Å². The van der Waals surface area contributed by atoms with E-state index in [1.54, 1.807) is 6.07 Å². The highest BCUT2D eigenvalue weighted by Crippen LogP contribution is 2.13. The molecule has 2 aromatic rings. The predicted octanol–water partition coefficient (Wildman–Crippen LogP) is 0.605. The highest BCUT2D eigenvalue weighted by atomic mass is 35.5. The number of nitrogens with one attached hydrogen (secondary N) is 2. The van der Waals surface area contributed by atoms with E-state index in [-0.39, 0.29) is 30.3 Å². The van der Waals surface area contributed by atoms with Gasteiger partial charge in [-0.3, -0.25) is 14.2 Å². The molecule has 2 N–H and O–H groups in total. The lowest BCUT2D eigenvalue weighted by Crippen LogP contribution is -2.32. The van der Waals surface area contributed by atoms with Crippen molar-refractivity contribution < 1.29 is 4.79 Å². The third-order valence-corrected chi connectivity index (χ3v) is 3.55. The fraction of sp³-hybridized carbons (Fsp3) is 0.417. The highest BCUT2D eigenvalue weighted by molar-refractivity contribution is 7.16. The van der Waals surface area contributed by atoms with E-state index < -0.39 is 0 Å². The molecule has 0 aliphatic carbocycles. The summed E-state index contributed by atoms with van der Waals surface area (Å²) in [5.74, 6) is -0.0624. The second-order valence-corrected chi connectivity index (χ2v) is 4.98. The van der Waals surface area contributed by atoms with Crippen LogP contribution < -0.4 is 16.2 Å². The molecule has 0 aliphatic rings. The van der Waals surface area contributed by atoms with E-state index in [9.17, 15) is 9.59 Å². The van der Waals surface area contributed by atoms with E-state index in [0.29, 0.717) is 18.5 Å². The standard InChI is InChI=1S/C12H16N4O2S.ClH/c1-13-4-5-14-10(17)2-6-16-8-15-11-9(12(16)18)3-7-19-11;/h3,7-8,13H,2,4-6H2,1H3,(H,14,17);1H. The molecule has 2 heterocycles. The van der Waals surface area contributed by atoms with Crippen LogP contribution in [-0.2, 0) is 11.3 Å². The fourth-order valence-corrected chi connectivity index (χ4v) is 2.41. The molecule has 0 bridgehead atoms. The van der Waals surface area contributed by atoms with Crippen LogP contribution >= 0.6 is 23.7 Å². The molecule has 0 saturated carbocycles. The van der Waals surface area contributed by atoms with Crippen molar-refractivity contribution in [2.45, 2.75) is 13.0 Å². The zero-order valence-corrected chi connectivity index (χ0v) is 12.7. The molecule has 0 saturated heterocycles. The number of nitrogens with zero attached hydrogens (tertiary/aromatic N) is 2. The van der Waals surface area contributed by atoms with Crippen LogP contribution in [0.25, 0.3) is 10.2 Å². The molecule has 2 aromatic heterocycles. The van der Waals surface area contributed by atoms with Gasteiger partial charge in [-0.05, 0) is 18.5 Å². The number of hydrogen-bond acceptors (Lipinski definition) is 5. The second-order valence-electron chi connectivity index (χ2n) is 4.09. The maximum atomic E-state index is 12.1. The van der Waals surface area contributed by atoms with Crippen molar-refractivity contribution >= 4 is 39.9 Å². The fourth-order valence-electron chi connectivity index (χ4n) is 1.69. The van der Waals surface area contributed by atoms with Gasteiger partial charge in [0.25, 0.3) is 5.56 Å². The zero-order valence-electron chi connectivity index (χ0n) is 11.1. The summed E-state index contributed by atoms with van der Waals surface area (Å²) in [5.41, 5.74) is -0.0886. The van der Waals surface area contributed by atoms with E-state index in [1.165, 1.54) is 22.2 Å². The van der Waals surface area contributed by atoms with Crippen LogP contribution in [0.5, 0.6) is 0 Å². The number of fused-ring (bicyclic) bond motifs is 1. The van der Waals surface area contributed by atoms with Gasteiger partial charge in [-0.25, -0.2) is 4.98 Å². The van der Waals surface area contributed by atoms with Crippen LogP contribution in [-0.4, -0.2) is 35.6 Å². The quantitative estimate of drug-likeness (QED) is 0.766. The Balaban J connectivity index is 0.00000200. The average molecular weight is 317 g/mol. The number of carbonyl (C=O) groups is 1. The molecule has 0 aromatic carbocycles. The molecule has 0 radical (unpaired) electrons. The molecular formula is C12H17ClN4O2S. The van der Waals surface area contributed by atoms with Crippen LogP contribution in [0.1, 0.15) is 6.42 Å². The van der Waals surface area contributed by atoms with Gasteiger partial charge in [0.15, 0.2) is 0 Å². The summed E-state index contributed by atoms with van der Waals surface area (Å²) in [5, 5.41) is 8.17. The van der Waals surface area contributed by atoms with Crippen molar-refractivity contribution in [1.29, 1.82) is 0 Å². The summed E-state index contributed by atoms with van der Waals surface area (Å²) in [4.78, 5) is 28.5. The third-order valence-electron chi connectivity index (χ3n) is 2.73. The van der Waals surface area contributed by atoms with E-state index in [2.05, 4.69) is 15.6 Å². The van der Waals surface area contributed by atoms with Gasteiger partial charge in [0.05, 0.1) is 11.7 Å². The number of rotatable bonds is 6. The largest absolute Gasteiger partial charge is 0.355 e. The van der Waals surface area contributed by atoms with Crippen molar-refractivity contribution in [2.75, 3.05) is 20.1 Å². The molecule has 0 atom stereocenters. The van der Waals surface area contributed by atoms with E-state index in [1.807, 2.05) is 12.4 Å². The van der Waals surface area contributed by atoms with E-state index in [4.69, 9.17) is 0 Å². The number of carbonyl (C=O) groups excluding carboxylic acids is 1.